The fraction of sp³-hybridized carbons (Fsp3) is 0.500. The fourth-order valence-electron chi connectivity index (χ4n) is 5.98. The second-order valence-corrected chi connectivity index (χ2v) is 10.2. The molecule has 0 spiro atoms. The Balaban J connectivity index is 1.52. The van der Waals surface area contributed by atoms with Gasteiger partial charge >= 0.3 is 6.36 Å². The van der Waals surface area contributed by atoms with E-state index in [-0.39, 0.29) is 36.2 Å². The van der Waals surface area contributed by atoms with E-state index in [9.17, 15) is 27.9 Å². The number of hydrogen-bond acceptors (Lipinski definition) is 7. The van der Waals surface area contributed by atoms with E-state index < -0.39 is 41.0 Å². The number of piperidine rings is 2. The molecule has 2 aromatic carbocycles. The van der Waals surface area contributed by atoms with Gasteiger partial charge < -0.3 is 20.5 Å². The largest absolute Gasteiger partial charge is 0.573 e. The van der Waals surface area contributed by atoms with Gasteiger partial charge in [0.1, 0.15) is 5.75 Å². The molecule has 5 rings (SSSR count). The molecule has 3 N–H and O–H groups in total. The van der Waals surface area contributed by atoms with E-state index in [0.717, 1.165) is 50.3 Å². The van der Waals surface area contributed by atoms with E-state index in [1.54, 1.807) is 0 Å². The molecule has 2 fully saturated rings. The first kappa shape index (κ1) is 26.6. The van der Waals surface area contributed by atoms with Gasteiger partial charge in [0.05, 0.1) is 17.2 Å². The first-order chi connectivity index (χ1) is 18.2. The van der Waals surface area contributed by atoms with E-state index in [1.165, 1.54) is 0 Å². The van der Waals surface area contributed by atoms with Gasteiger partial charge in [-0.3, -0.25) is 14.5 Å². The van der Waals surface area contributed by atoms with E-state index in [4.69, 9.17) is 0 Å². The molecule has 0 saturated carbocycles. The highest BCUT2D eigenvalue weighted by Crippen LogP contribution is 2.42. The van der Waals surface area contributed by atoms with Crippen LogP contribution in [0.4, 0.5) is 13.2 Å². The number of carbonyl (C=O) groups is 2. The Kier molecular flexibility index (Phi) is 7.74. The third-order valence-corrected chi connectivity index (χ3v) is 7.80. The average molecular weight is 532 g/mol. The van der Waals surface area contributed by atoms with Crippen LogP contribution in [0.1, 0.15) is 76.4 Å². The first-order valence-electron chi connectivity index (χ1n) is 13.2. The van der Waals surface area contributed by atoms with Crippen molar-refractivity contribution in [2.24, 2.45) is 0 Å². The summed E-state index contributed by atoms with van der Waals surface area (Å²) >= 11 is 0. The Morgan fingerprint density at radius 1 is 1.08 bits per heavy atom. The number of nitrogens with one attached hydrogen (secondary N) is 2. The maximum Gasteiger partial charge on any atom is 0.573 e. The summed E-state index contributed by atoms with van der Waals surface area (Å²) in [5.41, 5.74) is 0.321. The average Bonchev–Trinajstić information content (AvgIpc) is 2.97. The molecule has 3 unspecified atom stereocenters. The van der Waals surface area contributed by atoms with Gasteiger partial charge in [-0.05, 0) is 56.9 Å². The van der Waals surface area contributed by atoms with Crippen molar-refractivity contribution in [1.29, 1.82) is 0 Å². The molecule has 2 saturated heterocycles. The van der Waals surface area contributed by atoms with Gasteiger partial charge in [0.25, 0.3) is 0 Å². The number of fused-ring (bicyclic) bond motifs is 2. The quantitative estimate of drug-likeness (QED) is 0.506. The number of Topliss-reactive ketones (excluding diaryl/α,β-unsaturated/α-hetero) is 2. The molecule has 2 aliphatic heterocycles. The lowest BCUT2D eigenvalue weighted by Crippen LogP contribution is -2.46. The molecule has 0 amide bonds. The number of carbonyl (C=O) groups excluding carboxylic acids is 2. The lowest BCUT2D eigenvalue weighted by molar-refractivity contribution is -0.274. The van der Waals surface area contributed by atoms with Crippen molar-refractivity contribution < 1.29 is 32.6 Å². The molecule has 10 heteroatoms. The van der Waals surface area contributed by atoms with Crippen molar-refractivity contribution in [2.75, 3.05) is 19.6 Å². The lowest BCUT2D eigenvalue weighted by Gasteiger charge is -2.34. The van der Waals surface area contributed by atoms with Gasteiger partial charge in [-0.1, -0.05) is 36.8 Å². The monoisotopic (exact) mass is 531 g/mol. The summed E-state index contributed by atoms with van der Waals surface area (Å²) < 4.78 is 44.8. The number of alkyl halides is 3. The number of phenolic OH excluding ortho intramolecular Hbond substituents is 1. The molecule has 1 aliphatic carbocycles. The molecule has 2 heterocycles. The summed E-state index contributed by atoms with van der Waals surface area (Å²) in [5, 5.41) is 17.8. The minimum Gasteiger partial charge on any atom is -0.508 e. The summed E-state index contributed by atoms with van der Waals surface area (Å²) in [5.74, 6) is -2.46. The number of ether oxygens (including phenoxy) is 1. The summed E-state index contributed by atoms with van der Waals surface area (Å²) in [7, 11) is 0. The zero-order valence-electron chi connectivity index (χ0n) is 21.0. The number of hydrogen-bond donors (Lipinski definition) is 3. The van der Waals surface area contributed by atoms with Gasteiger partial charge in [0.2, 0.25) is 0 Å². The third kappa shape index (κ3) is 5.57. The van der Waals surface area contributed by atoms with Crippen LogP contribution in [0.15, 0.2) is 36.4 Å². The highest BCUT2D eigenvalue weighted by molar-refractivity contribution is 6.14. The Morgan fingerprint density at radius 2 is 1.82 bits per heavy atom. The van der Waals surface area contributed by atoms with Crippen molar-refractivity contribution >= 4 is 11.6 Å². The Morgan fingerprint density at radius 3 is 2.53 bits per heavy atom. The van der Waals surface area contributed by atoms with E-state index >= 15 is 0 Å². The molecular formula is C28H32F3N3O4. The Hall–Kier alpha value is -2.95. The number of ketones is 2. The van der Waals surface area contributed by atoms with Crippen LogP contribution in [0.2, 0.25) is 0 Å². The molecule has 3 atom stereocenters. The number of phenols is 1. The van der Waals surface area contributed by atoms with Crippen LogP contribution in [-0.2, 0) is 6.54 Å². The van der Waals surface area contributed by atoms with E-state index in [1.807, 2.05) is 35.2 Å². The second-order valence-electron chi connectivity index (χ2n) is 10.2. The molecule has 0 aromatic heterocycles. The van der Waals surface area contributed by atoms with Gasteiger partial charge in [0, 0.05) is 30.6 Å². The van der Waals surface area contributed by atoms with Crippen LogP contribution in [0, 0.1) is 0 Å². The van der Waals surface area contributed by atoms with Gasteiger partial charge in [-0.2, -0.15) is 0 Å². The fourth-order valence-corrected chi connectivity index (χ4v) is 5.98. The molecule has 3 aliphatic rings. The molecule has 38 heavy (non-hydrogen) atoms. The molecule has 7 nitrogen and oxygen atoms in total. The Labute approximate surface area is 219 Å². The highest BCUT2D eigenvalue weighted by Gasteiger charge is 2.43. The molecule has 0 radical (unpaired) electrons. The molecule has 2 aromatic rings. The molecule has 2 bridgehead atoms. The number of nitrogens with zero attached hydrogens (tertiary/aromatic N) is 1. The first-order valence-corrected chi connectivity index (χ1v) is 13.2. The summed E-state index contributed by atoms with van der Waals surface area (Å²) in [4.78, 5) is 28.8. The zero-order chi connectivity index (χ0) is 26.9. The minimum absolute atomic E-state index is 0.0205. The zero-order valence-corrected chi connectivity index (χ0v) is 21.0. The van der Waals surface area contributed by atoms with Crippen molar-refractivity contribution in [1.82, 2.24) is 15.5 Å². The SMILES string of the molecule is O=C1CC(N2CCCCC2)C(=O)c2c(CNC3CCCNC3c3ccccc3)c(O)cc1c2OC(F)(F)F. The van der Waals surface area contributed by atoms with Crippen LogP contribution in [0.3, 0.4) is 0 Å². The predicted molar refractivity (Wildman–Crippen MR) is 134 cm³/mol. The van der Waals surface area contributed by atoms with Gasteiger partial charge in [-0.25, -0.2) is 0 Å². The van der Waals surface area contributed by atoms with Crippen LogP contribution in [-0.4, -0.2) is 59.7 Å². The molecular weight excluding hydrogens is 499 g/mol. The smallest absolute Gasteiger partial charge is 0.508 e. The topological polar surface area (TPSA) is 90.9 Å². The number of halogens is 3. The van der Waals surface area contributed by atoms with Crippen LogP contribution in [0.25, 0.3) is 0 Å². The van der Waals surface area contributed by atoms with Crippen molar-refractivity contribution in [2.45, 2.75) is 69.6 Å². The normalized spacial score (nSPS) is 24.8. The predicted octanol–water partition coefficient (Wildman–Crippen LogP) is 4.50. The van der Waals surface area contributed by atoms with E-state index in [0.29, 0.717) is 13.1 Å². The molecule has 204 valence electrons. The van der Waals surface area contributed by atoms with Crippen molar-refractivity contribution in [3.8, 4) is 11.5 Å². The summed E-state index contributed by atoms with van der Waals surface area (Å²) in [6, 6.07) is 9.80. The second kappa shape index (κ2) is 11.0. The number of likely N-dealkylation sites (tertiary alicyclic amines) is 1. The van der Waals surface area contributed by atoms with Crippen LogP contribution >= 0.6 is 0 Å². The number of benzene rings is 2. The standard InChI is InChI=1S/C28H32F3N3O4/c29-28(30,31)38-27-18-14-22(35)19(16-33-20-10-7-11-32-25(20)17-8-3-1-4-9-17)24(27)26(37)21(15-23(18)36)34-12-5-2-6-13-34/h1,3-4,8-9,14,20-21,25,32-33,35H,2,5-7,10-13,15-16H2. The van der Waals surface area contributed by atoms with Crippen LogP contribution in [0.5, 0.6) is 11.5 Å². The summed E-state index contributed by atoms with van der Waals surface area (Å²) in [6.45, 7) is 1.94. The highest BCUT2D eigenvalue weighted by atomic mass is 19.4. The maximum atomic E-state index is 13.9. The number of rotatable bonds is 6. The van der Waals surface area contributed by atoms with E-state index in [2.05, 4.69) is 15.4 Å². The third-order valence-electron chi connectivity index (χ3n) is 7.80. The van der Waals surface area contributed by atoms with Gasteiger partial charge in [-0.15, -0.1) is 13.2 Å². The van der Waals surface area contributed by atoms with Crippen LogP contribution < -0.4 is 15.4 Å². The van der Waals surface area contributed by atoms with Crippen molar-refractivity contribution in [3.63, 3.8) is 0 Å². The number of aromatic hydroxyl groups is 1. The summed E-state index contributed by atoms with van der Waals surface area (Å²) in [6.07, 6.45) is -0.984. The minimum atomic E-state index is -5.11. The lowest BCUT2D eigenvalue weighted by atomic mass is 9.91. The van der Waals surface area contributed by atoms with Crippen molar-refractivity contribution in [3.05, 3.63) is 58.7 Å². The maximum absolute atomic E-state index is 13.9. The Bertz CT molecular complexity index is 1180. The van der Waals surface area contributed by atoms with Gasteiger partial charge in [0.15, 0.2) is 17.3 Å².